The van der Waals surface area contributed by atoms with Crippen LogP contribution in [0, 0.1) is 18.7 Å². The van der Waals surface area contributed by atoms with E-state index in [9.17, 15) is 9.18 Å². The smallest absolute Gasteiger partial charge is 0.254 e. The second kappa shape index (κ2) is 12.9. The fourth-order valence-corrected chi connectivity index (χ4v) is 8.16. The van der Waals surface area contributed by atoms with Gasteiger partial charge in [-0.15, -0.1) is 0 Å². The number of hydrogen-bond acceptors (Lipinski definition) is 5. The predicted octanol–water partition coefficient (Wildman–Crippen LogP) is 5.96. The first kappa shape index (κ1) is 31.2. The van der Waals surface area contributed by atoms with Crippen LogP contribution in [0.15, 0.2) is 36.7 Å². The SMILES string of the molecule is CCN(C(=O)c1cc(F)ccc1-c1cc(C2CN([C@H](CCCN3C4CCC3CNC4)C(C)C)C2)cn2c(C)ncc12)C(C)C. The molecule has 8 heteroatoms. The molecule has 2 aromatic heterocycles. The summed E-state index contributed by atoms with van der Waals surface area (Å²) in [5, 5.41) is 3.61. The van der Waals surface area contributed by atoms with E-state index in [0.29, 0.717) is 30.0 Å². The number of aromatic nitrogens is 2. The van der Waals surface area contributed by atoms with Crippen molar-refractivity contribution in [3.63, 3.8) is 0 Å². The molecular weight excluding hydrogens is 551 g/mol. The minimum absolute atomic E-state index is 0.0223. The molecule has 0 radical (unpaired) electrons. The molecule has 1 amide bonds. The van der Waals surface area contributed by atoms with Gasteiger partial charge in [0, 0.05) is 74.6 Å². The lowest BCUT2D eigenvalue weighted by Gasteiger charge is -2.47. The van der Waals surface area contributed by atoms with Gasteiger partial charge in [0.25, 0.3) is 5.91 Å². The molecule has 238 valence electrons. The molecule has 3 fully saturated rings. The van der Waals surface area contributed by atoms with Gasteiger partial charge in [-0.05, 0) is 95.2 Å². The standard InChI is InChI=1S/C36H51FN6O/c1-7-41(24(4)5)36(44)33-16-28(37)10-13-31(33)32-15-26(22-43-25(6)39-19-35(32)43)27-20-40(21-27)34(23(2)3)9-8-14-42-29-11-12-30(42)18-38-17-29/h10,13,15-16,19,22-24,27,29-30,34,38H,7-9,11-12,14,17-18,20-21H2,1-6H3/t29?,30?,34-/m1/s1. The number of aryl methyl sites for hydroxylation is 1. The maximum absolute atomic E-state index is 14.6. The fourth-order valence-electron chi connectivity index (χ4n) is 8.16. The highest BCUT2D eigenvalue weighted by Crippen LogP contribution is 2.37. The Balaban J connectivity index is 1.22. The summed E-state index contributed by atoms with van der Waals surface area (Å²) in [6.07, 6.45) is 9.30. The van der Waals surface area contributed by atoms with E-state index in [4.69, 9.17) is 0 Å². The van der Waals surface area contributed by atoms with Crippen LogP contribution in [0.25, 0.3) is 16.6 Å². The number of nitrogens with one attached hydrogen (secondary N) is 1. The molecule has 7 nitrogen and oxygen atoms in total. The number of amides is 1. The number of halogens is 1. The normalized spacial score (nSPS) is 21.8. The van der Waals surface area contributed by atoms with E-state index in [1.807, 2.05) is 33.9 Å². The van der Waals surface area contributed by atoms with Crippen LogP contribution in [0.5, 0.6) is 0 Å². The molecule has 3 aromatic rings. The van der Waals surface area contributed by atoms with Crippen LogP contribution < -0.4 is 5.32 Å². The molecule has 44 heavy (non-hydrogen) atoms. The molecule has 0 spiro atoms. The second-order valence-corrected chi connectivity index (χ2v) is 14.0. The molecule has 3 aliphatic rings. The van der Waals surface area contributed by atoms with Crippen LogP contribution in [0.2, 0.25) is 0 Å². The van der Waals surface area contributed by atoms with Crippen molar-refractivity contribution in [1.29, 1.82) is 0 Å². The lowest BCUT2D eigenvalue weighted by atomic mass is 9.85. The Morgan fingerprint density at radius 3 is 2.48 bits per heavy atom. The highest BCUT2D eigenvalue weighted by molar-refractivity contribution is 6.03. The van der Waals surface area contributed by atoms with Gasteiger partial charge in [0.05, 0.1) is 17.3 Å². The minimum Gasteiger partial charge on any atom is -0.336 e. The monoisotopic (exact) mass is 602 g/mol. The van der Waals surface area contributed by atoms with Crippen molar-refractivity contribution in [3.05, 3.63) is 59.4 Å². The van der Waals surface area contributed by atoms with Crippen molar-refractivity contribution in [1.82, 2.24) is 29.4 Å². The number of imidazole rings is 1. The first-order valence-electron chi connectivity index (χ1n) is 16.9. The molecule has 6 rings (SSSR count). The zero-order chi connectivity index (χ0) is 31.1. The van der Waals surface area contributed by atoms with Gasteiger partial charge in [-0.3, -0.25) is 14.6 Å². The van der Waals surface area contributed by atoms with E-state index < -0.39 is 5.82 Å². The van der Waals surface area contributed by atoms with E-state index in [1.54, 1.807) is 11.0 Å². The van der Waals surface area contributed by atoms with Gasteiger partial charge in [0.2, 0.25) is 0 Å². The first-order valence-corrected chi connectivity index (χ1v) is 16.9. The average Bonchev–Trinajstić information content (AvgIpc) is 3.44. The van der Waals surface area contributed by atoms with Gasteiger partial charge < -0.3 is 14.6 Å². The third-order valence-corrected chi connectivity index (χ3v) is 10.6. The van der Waals surface area contributed by atoms with Gasteiger partial charge in [-0.2, -0.15) is 0 Å². The van der Waals surface area contributed by atoms with Gasteiger partial charge >= 0.3 is 0 Å². The zero-order valence-corrected chi connectivity index (χ0v) is 27.5. The summed E-state index contributed by atoms with van der Waals surface area (Å²) in [4.78, 5) is 25.6. The summed E-state index contributed by atoms with van der Waals surface area (Å²) in [5.74, 6) is 1.40. The maximum atomic E-state index is 14.6. The number of benzene rings is 1. The van der Waals surface area contributed by atoms with Crippen molar-refractivity contribution < 1.29 is 9.18 Å². The summed E-state index contributed by atoms with van der Waals surface area (Å²) in [5.41, 5.74) is 4.31. The molecule has 3 aliphatic heterocycles. The number of nitrogens with zero attached hydrogens (tertiary/aromatic N) is 5. The van der Waals surface area contributed by atoms with Crippen molar-refractivity contribution in [2.45, 2.75) is 97.3 Å². The Bertz CT molecular complexity index is 1460. The zero-order valence-electron chi connectivity index (χ0n) is 27.5. The molecule has 1 N–H and O–H groups in total. The lowest BCUT2D eigenvalue weighted by molar-refractivity contribution is 0.0543. The third-order valence-electron chi connectivity index (χ3n) is 10.6. The minimum atomic E-state index is -0.396. The van der Waals surface area contributed by atoms with Crippen LogP contribution in [0.1, 0.15) is 88.0 Å². The number of pyridine rings is 1. The molecule has 5 heterocycles. The van der Waals surface area contributed by atoms with Crippen molar-refractivity contribution >= 4 is 11.4 Å². The Morgan fingerprint density at radius 1 is 1.09 bits per heavy atom. The molecular formula is C36H51FN6O. The predicted molar refractivity (Wildman–Crippen MR) is 176 cm³/mol. The molecule has 0 aliphatic carbocycles. The lowest BCUT2D eigenvalue weighted by Crippen LogP contribution is -2.53. The number of fused-ring (bicyclic) bond motifs is 3. The van der Waals surface area contributed by atoms with E-state index in [1.165, 1.54) is 49.9 Å². The Morgan fingerprint density at radius 2 is 1.82 bits per heavy atom. The quantitative estimate of drug-likeness (QED) is 0.294. The van der Waals surface area contributed by atoms with Crippen LogP contribution in [-0.4, -0.2) is 93.4 Å². The topological polar surface area (TPSA) is 56.1 Å². The average molecular weight is 603 g/mol. The summed E-state index contributed by atoms with van der Waals surface area (Å²) in [7, 11) is 0. The molecule has 0 saturated carbocycles. The van der Waals surface area contributed by atoms with E-state index >= 15 is 0 Å². The summed E-state index contributed by atoms with van der Waals surface area (Å²) < 4.78 is 16.7. The first-order chi connectivity index (χ1) is 21.2. The van der Waals surface area contributed by atoms with Crippen molar-refractivity contribution in [2.75, 3.05) is 39.3 Å². The van der Waals surface area contributed by atoms with Crippen LogP contribution in [-0.2, 0) is 0 Å². The van der Waals surface area contributed by atoms with Crippen molar-refractivity contribution in [3.8, 4) is 11.1 Å². The third kappa shape index (κ3) is 5.93. The second-order valence-electron chi connectivity index (χ2n) is 14.0. The highest BCUT2D eigenvalue weighted by atomic mass is 19.1. The molecule has 1 aromatic carbocycles. The Kier molecular flexibility index (Phi) is 9.14. The van der Waals surface area contributed by atoms with Gasteiger partial charge in [-0.25, -0.2) is 9.37 Å². The molecule has 2 bridgehead atoms. The molecule has 3 saturated heterocycles. The number of likely N-dealkylation sites (tertiary alicyclic amines) is 1. The Hall–Kier alpha value is -2.81. The van der Waals surface area contributed by atoms with E-state index in [2.05, 4.69) is 50.6 Å². The number of hydrogen-bond donors (Lipinski definition) is 1. The fraction of sp³-hybridized carbons (Fsp3) is 0.611. The van der Waals surface area contributed by atoms with E-state index in [0.717, 1.165) is 60.7 Å². The number of carbonyl (C=O) groups is 1. The van der Waals surface area contributed by atoms with Crippen LogP contribution >= 0.6 is 0 Å². The maximum Gasteiger partial charge on any atom is 0.254 e. The highest BCUT2D eigenvalue weighted by Gasteiger charge is 2.38. The largest absolute Gasteiger partial charge is 0.336 e. The van der Waals surface area contributed by atoms with E-state index in [-0.39, 0.29) is 11.9 Å². The van der Waals surface area contributed by atoms with Crippen molar-refractivity contribution in [2.24, 2.45) is 5.92 Å². The van der Waals surface area contributed by atoms with Gasteiger partial charge in [0.15, 0.2) is 0 Å². The Labute approximate surface area is 262 Å². The summed E-state index contributed by atoms with van der Waals surface area (Å²) in [6.45, 7) is 18.9. The van der Waals surface area contributed by atoms with Gasteiger partial charge in [0.1, 0.15) is 11.6 Å². The number of piperazine rings is 1. The molecule has 3 atom stereocenters. The summed E-state index contributed by atoms with van der Waals surface area (Å²) >= 11 is 0. The number of carbonyl (C=O) groups excluding carboxylic acids is 1. The summed E-state index contributed by atoms with van der Waals surface area (Å²) in [6, 6.07) is 8.96. The van der Waals surface area contributed by atoms with Crippen LogP contribution in [0.3, 0.4) is 0 Å². The van der Waals surface area contributed by atoms with Crippen LogP contribution in [0.4, 0.5) is 4.39 Å². The van der Waals surface area contributed by atoms with Gasteiger partial charge in [-0.1, -0.05) is 19.9 Å². The molecule has 2 unspecified atom stereocenters. The number of rotatable bonds is 11.